The maximum atomic E-state index is 10.6. The molecule has 3 aromatic rings. The predicted octanol–water partition coefficient (Wildman–Crippen LogP) is 3.81. The minimum absolute atomic E-state index is 0.614. The van der Waals surface area contributed by atoms with E-state index in [9.17, 15) is 13.2 Å². The van der Waals surface area contributed by atoms with Crippen molar-refractivity contribution in [2.75, 3.05) is 39.6 Å². The number of carbonyl (C=O) groups is 1. The second kappa shape index (κ2) is 12.0. The number of benzene rings is 1. The molecule has 0 radical (unpaired) electrons. The number of unbranched alkanes of at least 4 members (excludes halogenated alkanes) is 2. The first-order valence-electron chi connectivity index (χ1n) is 10.2. The molecule has 0 atom stereocenters. The van der Waals surface area contributed by atoms with Crippen LogP contribution in [0.15, 0.2) is 30.5 Å². The number of aromatic amines is 1. The molecule has 0 fully saturated rings. The Kier molecular flexibility index (Phi) is 9.40. The summed E-state index contributed by atoms with van der Waals surface area (Å²) in [5, 5.41) is 18.7. The number of nitrogens with zero attached hydrogens (tertiary/aromatic N) is 4. The number of hydrogen-bond donors (Lipinski definition) is 3. The third-order valence-corrected chi connectivity index (χ3v) is 4.50. The summed E-state index contributed by atoms with van der Waals surface area (Å²) in [6.45, 7) is 1.99. The summed E-state index contributed by atoms with van der Waals surface area (Å²) in [6.07, 6.45) is 0.217. The van der Waals surface area contributed by atoms with Crippen molar-refractivity contribution in [2.24, 2.45) is 0 Å². The Morgan fingerprint density at radius 2 is 1.91 bits per heavy atom. The average molecular weight is 468 g/mol. The zero-order valence-corrected chi connectivity index (χ0v) is 18.6. The van der Waals surface area contributed by atoms with Crippen LogP contribution >= 0.6 is 0 Å². The van der Waals surface area contributed by atoms with Crippen LogP contribution in [0.2, 0.25) is 0 Å². The molecule has 33 heavy (non-hydrogen) atoms. The average Bonchev–Trinajstić information content (AvgIpc) is 3.18. The Labute approximate surface area is 189 Å². The largest absolute Gasteiger partial charge is 0.496 e. The summed E-state index contributed by atoms with van der Waals surface area (Å²) in [5.74, 6) is -1.35. The highest BCUT2D eigenvalue weighted by atomic mass is 19.4. The highest BCUT2D eigenvalue weighted by Gasteiger charge is 2.38. The minimum atomic E-state index is -5.08. The molecule has 0 amide bonds. The molecular formula is C21H27F3N6O3. The number of para-hydroxylation sites is 1. The van der Waals surface area contributed by atoms with E-state index < -0.39 is 12.1 Å². The Morgan fingerprint density at radius 3 is 2.55 bits per heavy atom. The Morgan fingerprint density at radius 1 is 1.21 bits per heavy atom. The minimum Gasteiger partial charge on any atom is -0.496 e. The lowest BCUT2D eigenvalue weighted by Gasteiger charge is -2.09. The fraction of sp³-hybridized carbons (Fsp3) is 0.429. The topological polar surface area (TPSA) is 116 Å². The van der Waals surface area contributed by atoms with Gasteiger partial charge in [-0.15, -0.1) is 0 Å². The van der Waals surface area contributed by atoms with Gasteiger partial charge in [0.05, 0.1) is 18.2 Å². The van der Waals surface area contributed by atoms with Crippen molar-refractivity contribution in [1.29, 1.82) is 0 Å². The van der Waals surface area contributed by atoms with Crippen LogP contribution in [0, 0.1) is 0 Å². The van der Waals surface area contributed by atoms with Gasteiger partial charge in [-0.1, -0.05) is 18.6 Å². The summed E-state index contributed by atoms with van der Waals surface area (Å²) in [7, 11) is 5.86. The third kappa shape index (κ3) is 7.90. The van der Waals surface area contributed by atoms with Gasteiger partial charge in [-0.3, -0.25) is 5.10 Å². The number of nitrogens with one attached hydrogen (secondary N) is 2. The number of anilines is 1. The summed E-state index contributed by atoms with van der Waals surface area (Å²) in [4.78, 5) is 20.1. The summed E-state index contributed by atoms with van der Waals surface area (Å²) in [6, 6.07) is 7.83. The molecule has 0 saturated carbocycles. The van der Waals surface area contributed by atoms with E-state index in [1.807, 2.05) is 30.5 Å². The second-order valence-corrected chi connectivity index (χ2v) is 7.32. The molecule has 0 bridgehead atoms. The molecule has 9 nitrogen and oxygen atoms in total. The second-order valence-electron chi connectivity index (χ2n) is 7.32. The molecular weight excluding hydrogens is 441 g/mol. The molecule has 2 heterocycles. The SMILES string of the molecule is COc1ccccc1-c1[nH]nc2nc(NCCCCCN(C)C)ncc12.O=C(O)C(F)(F)F. The van der Waals surface area contributed by atoms with Crippen molar-refractivity contribution in [3.63, 3.8) is 0 Å². The summed E-state index contributed by atoms with van der Waals surface area (Å²) < 4.78 is 37.2. The number of carboxylic acids is 1. The highest BCUT2D eigenvalue weighted by Crippen LogP contribution is 2.32. The predicted molar refractivity (Wildman–Crippen MR) is 118 cm³/mol. The third-order valence-electron chi connectivity index (χ3n) is 4.50. The molecule has 0 unspecified atom stereocenters. The number of hydrogen-bond acceptors (Lipinski definition) is 7. The van der Waals surface area contributed by atoms with Crippen LogP contribution < -0.4 is 10.1 Å². The van der Waals surface area contributed by atoms with Gasteiger partial charge in [0.25, 0.3) is 0 Å². The molecule has 0 aliphatic carbocycles. The van der Waals surface area contributed by atoms with Crippen LogP contribution in [-0.4, -0.2) is 76.6 Å². The molecule has 3 rings (SSSR count). The lowest BCUT2D eigenvalue weighted by molar-refractivity contribution is -0.192. The van der Waals surface area contributed by atoms with Gasteiger partial charge in [-0.2, -0.15) is 23.3 Å². The van der Waals surface area contributed by atoms with E-state index in [1.165, 1.54) is 12.8 Å². The first kappa shape index (κ1) is 25.8. The Balaban J connectivity index is 0.000000479. The van der Waals surface area contributed by atoms with Gasteiger partial charge in [0.2, 0.25) is 5.95 Å². The number of carboxylic acid groups (broad SMARTS) is 1. The first-order chi connectivity index (χ1) is 15.6. The van der Waals surface area contributed by atoms with Gasteiger partial charge in [0, 0.05) is 18.3 Å². The highest BCUT2D eigenvalue weighted by molar-refractivity contribution is 5.92. The number of aromatic nitrogens is 4. The van der Waals surface area contributed by atoms with Crippen molar-refractivity contribution < 1.29 is 27.8 Å². The fourth-order valence-electron chi connectivity index (χ4n) is 2.88. The number of halogens is 3. The maximum Gasteiger partial charge on any atom is 0.490 e. The molecule has 1 aromatic carbocycles. The normalized spacial score (nSPS) is 11.2. The molecule has 180 valence electrons. The Bertz CT molecular complexity index is 1040. The van der Waals surface area contributed by atoms with Crippen LogP contribution in [-0.2, 0) is 4.79 Å². The van der Waals surface area contributed by atoms with Crippen molar-refractivity contribution in [2.45, 2.75) is 25.4 Å². The van der Waals surface area contributed by atoms with Crippen molar-refractivity contribution >= 4 is 23.0 Å². The summed E-state index contributed by atoms with van der Waals surface area (Å²) >= 11 is 0. The standard InChI is InChI=1S/C19H26N6O.C2HF3O2/c1-25(2)12-8-4-7-11-20-19-21-13-15-17(23-24-18(15)22-19)14-9-5-6-10-16(14)26-3;3-2(4,5)1(6)7/h5-6,9-10,13H,4,7-8,11-12H2,1-3H3,(H2,20,21,22,23,24);(H,6,7). The van der Waals surface area contributed by atoms with Crippen LogP contribution in [0.25, 0.3) is 22.3 Å². The lowest BCUT2D eigenvalue weighted by atomic mass is 10.1. The number of H-pyrrole nitrogens is 1. The van der Waals surface area contributed by atoms with Crippen LogP contribution in [0.3, 0.4) is 0 Å². The van der Waals surface area contributed by atoms with Gasteiger partial charge < -0.3 is 20.1 Å². The van der Waals surface area contributed by atoms with Gasteiger partial charge in [-0.25, -0.2) is 9.78 Å². The van der Waals surface area contributed by atoms with Crippen molar-refractivity contribution in [1.82, 2.24) is 25.1 Å². The van der Waals surface area contributed by atoms with E-state index in [1.54, 1.807) is 7.11 Å². The van der Waals surface area contributed by atoms with E-state index >= 15 is 0 Å². The summed E-state index contributed by atoms with van der Waals surface area (Å²) in [5.41, 5.74) is 2.46. The van der Waals surface area contributed by atoms with Crippen LogP contribution in [0.1, 0.15) is 19.3 Å². The van der Waals surface area contributed by atoms with Crippen molar-refractivity contribution in [3.05, 3.63) is 30.5 Å². The number of rotatable bonds is 9. The maximum absolute atomic E-state index is 10.6. The van der Waals surface area contributed by atoms with Crippen molar-refractivity contribution in [3.8, 4) is 17.0 Å². The van der Waals surface area contributed by atoms with E-state index in [4.69, 9.17) is 14.6 Å². The number of aliphatic carboxylic acids is 1. The molecule has 0 saturated heterocycles. The molecule has 0 aliphatic rings. The molecule has 3 N–H and O–H groups in total. The fourth-order valence-corrected chi connectivity index (χ4v) is 2.88. The van der Waals surface area contributed by atoms with Gasteiger partial charge >= 0.3 is 12.1 Å². The van der Waals surface area contributed by atoms with Crippen LogP contribution in [0.5, 0.6) is 5.75 Å². The van der Waals surface area contributed by atoms with E-state index in [0.717, 1.165) is 41.9 Å². The molecule has 0 aliphatic heterocycles. The molecule has 12 heteroatoms. The van der Waals surface area contributed by atoms with Gasteiger partial charge in [-0.05, 0) is 45.6 Å². The van der Waals surface area contributed by atoms with Gasteiger partial charge in [0.15, 0.2) is 5.65 Å². The number of alkyl halides is 3. The zero-order valence-electron chi connectivity index (χ0n) is 18.6. The Hall–Kier alpha value is -3.41. The molecule has 0 spiro atoms. The van der Waals surface area contributed by atoms with E-state index in [-0.39, 0.29) is 0 Å². The quantitative estimate of drug-likeness (QED) is 0.406. The van der Waals surface area contributed by atoms with Gasteiger partial charge in [0.1, 0.15) is 5.75 Å². The van der Waals surface area contributed by atoms with Crippen LogP contribution in [0.4, 0.5) is 19.1 Å². The van der Waals surface area contributed by atoms with E-state index in [0.29, 0.717) is 11.6 Å². The lowest BCUT2D eigenvalue weighted by Crippen LogP contribution is -2.21. The number of ether oxygens (including phenoxy) is 1. The number of methoxy groups -OCH3 is 1. The number of fused-ring (bicyclic) bond motifs is 1. The monoisotopic (exact) mass is 468 g/mol. The first-order valence-corrected chi connectivity index (χ1v) is 10.2. The zero-order chi connectivity index (χ0) is 24.4. The smallest absolute Gasteiger partial charge is 0.490 e. The van der Waals surface area contributed by atoms with E-state index in [2.05, 4.69) is 44.5 Å². The molecule has 2 aromatic heterocycles.